The molecule has 0 saturated heterocycles. The van der Waals surface area contributed by atoms with Gasteiger partial charge in [-0.15, -0.1) is 0 Å². The SMILES string of the molecule is O=C(Cn1c(-c2ccccn2)nc2ccccc21)N/N=C\c1ccco1. The summed E-state index contributed by atoms with van der Waals surface area (Å²) in [4.78, 5) is 21.3. The van der Waals surface area contributed by atoms with Crippen molar-refractivity contribution in [1.82, 2.24) is 20.0 Å². The summed E-state index contributed by atoms with van der Waals surface area (Å²) < 4.78 is 6.96. The first-order valence-electron chi connectivity index (χ1n) is 8.03. The van der Waals surface area contributed by atoms with Crippen molar-refractivity contribution in [1.29, 1.82) is 0 Å². The van der Waals surface area contributed by atoms with E-state index in [4.69, 9.17) is 4.42 Å². The van der Waals surface area contributed by atoms with Crippen molar-refractivity contribution >= 4 is 23.2 Å². The zero-order chi connectivity index (χ0) is 17.8. The third-order valence-electron chi connectivity index (χ3n) is 3.77. The molecule has 4 aromatic rings. The second-order valence-electron chi connectivity index (χ2n) is 5.53. The summed E-state index contributed by atoms with van der Waals surface area (Å²) in [5, 5.41) is 3.91. The minimum absolute atomic E-state index is 0.0713. The quantitative estimate of drug-likeness (QED) is 0.445. The number of hydrogen-bond acceptors (Lipinski definition) is 5. The maximum Gasteiger partial charge on any atom is 0.260 e. The van der Waals surface area contributed by atoms with Gasteiger partial charge in [0.25, 0.3) is 5.91 Å². The van der Waals surface area contributed by atoms with Crippen molar-refractivity contribution in [2.45, 2.75) is 6.54 Å². The van der Waals surface area contributed by atoms with E-state index in [0.29, 0.717) is 17.3 Å². The number of carbonyl (C=O) groups excluding carboxylic acids is 1. The summed E-state index contributed by atoms with van der Waals surface area (Å²) >= 11 is 0. The predicted molar refractivity (Wildman–Crippen MR) is 97.4 cm³/mol. The number of pyridine rings is 1. The zero-order valence-corrected chi connectivity index (χ0v) is 13.7. The minimum Gasteiger partial charge on any atom is -0.463 e. The molecule has 4 rings (SSSR count). The molecule has 1 N–H and O–H groups in total. The number of hydrazone groups is 1. The molecule has 0 fully saturated rings. The van der Waals surface area contributed by atoms with Gasteiger partial charge >= 0.3 is 0 Å². The van der Waals surface area contributed by atoms with Crippen molar-refractivity contribution in [3.8, 4) is 11.5 Å². The second-order valence-corrected chi connectivity index (χ2v) is 5.53. The third-order valence-corrected chi connectivity index (χ3v) is 3.77. The van der Waals surface area contributed by atoms with Gasteiger partial charge in [0.1, 0.15) is 18.0 Å². The Morgan fingerprint density at radius 1 is 1.15 bits per heavy atom. The van der Waals surface area contributed by atoms with E-state index in [1.54, 1.807) is 24.6 Å². The van der Waals surface area contributed by atoms with E-state index in [1.807, 2.05) is 47.0 Å². The van der Waals surface area contributed by atoms with E-state index in [-0.39, 0.29) is 12.5 Å². The molecule has 0 radical (unpaired) electrons. The lowest BCUT2D eigenvalue weighted by molar-refractivity contribution is -0.121. The monoisotopic (exact) mass is 345 g/mol. The van der Waals surface area contributed by atoms with E-state index in [0.717, 1.165) is 11.0 Å². The second kappa shape index (κ2) is 7.02. The topological polar surface area (TPSA) is 85.3 Å². The van der Waals surface area contributed by atoms with Crippen molar-refractivity contribution < 1.29 is 9.21 Å². The number of furan rings is 1. The Labute approximate surface area is 149 Å². The molecule has 1 aromatic carbocycles. The molecule has 0 atom stereocenters. The van der Waals surface area contributed by atoms with Gasteiger partial charge in [0.2, 0.25) is 0 Å². The predicted octanol–water partition coefficient (Wildman–Crippen LogP) is 2.84. The summed E-state index contributed by atoms with van der Waals surface area (Å²) in [7, 11) is 0. The van der Waals surface area contributed by atoms with E-state index < -0.39 is 0 Å². The molecule has 7 nitrogen and oxygen atoms in total. The zero-order valence-electron chi connectivity index (χ0n) is 13.7. The minimum atomic E-state index is -0.270. The van der Waals surface area contributed by atoms with Crippen LogP contribution in [0.5, 0.6) is 0 Å². The van der Waals surface area contributed by atoms with Gasteiger partial charge in [0.15, 0.2) is 5.82 Å². The number of amides is 1. The van der Waals surface area contributed by atoms with Crippen LogP contribution in [0.15, 0.2) is 76.6 Å². The first kappa shape index (κ1) is 15.8. The summed E-state index contributed by atoms with van der Waals surface area (Å²) in [6.07, 6.45) is 4.69. The van der Waals surface area contributed by atoms with E-state index in [2.05, 4.69) is 20.5 Å². The average Bonchev–Trinajstić information content (AvgIpc) is 3.31. The lowest BCUT2D eigenvalue weighted by atomic mass is 10.3. The average molecular weight is 345 g/mol. The summed E-state index contributed by atoms with van der Waals surface area (Å²) in [5.74, 6) is 0.928. The number of benzene rings is 1. The number of nitrogens with zero attached hydrogens (tertiary/aromatic N) is 4. The fourth-order valence-electron chi connectivity index (χ4n) is 2.64. The molecule has 0 aliphatic carbocycles. The highest BCUT2D eigenvalue weighted by atomic mass is 16.3. The van der Waals surface area contributed by atoms with E-state index in [9.17, 15) is 4.79 Å². The van der Waals surface area contributed by atoms with Crippen LogP contribution in [0, 0.1) is 0 Å². The van der Waals surface area contributed by atoms with Crippen molar-refractivity contribution in [3.63, 3.8) is 0 Å². The lowest BCUT2D eigenvalue weighted by Gasteiger charge is -2.07. The number of hydrogen-bond donors (Lipinski definition) is 1. The van der Waals surface area contributed by atoms with Gasteiger partial charge < -0.3 is 8.98 Å². The van der Waals surface area contributed by atoms with Crippen LogP contribution < -0.4 is 5.43 Å². The molecule has 128 valence electrons. The molecular formula is C19H15N5O2. The maximum absolute atomic E-state index is 12.3. The molecule has 0 aliphatic heterocycles. The third kappa shape index (κ3) is 3.23. The van der Waals surface area contributed by atoms with Gasteiger partial charge in [-0.3, -0.25) is 9.78 Å². The van der Waals surface area contributed by atoms with Gasteiger partial charge in [-0.1, -0.05) is 18.2 Å². The molecule has 7 heteroatoms. The Balaban J connectivity index is 1.61. The smallest absolute Gasteiger partial charge is 0.260 e. The van der Waals surface area contributed by atoms with Crippen LogP contribution in [0.1, 0.15) is 5.76 Å². The highest BCUT2D eigenvalue weighted by molar-refractivity contribution is 5.85. The standard InChI is InChI=1S/C19H15N5O2/c25-18(23-21-12-14-6-5-11-26-14)13-24-17-9-2-1-7-15(17)22-19(24)16-8-3-4-10-20-16/h1-12H,13H2,(H,23,25)/b21-12-. The molecule has 3 aromatic heterocycles. The number of carbonyl (C=O) groups is 1. The largest absolute Gasteiger partial charge is 0.463 e. The molecule has 0 bridgehead atoms. The highest BCUT2D eigenvalue weighted by Gasteiger charge is 2.15. The van der Waals surface area contributed by atoms with Gasteiger partial charge in [0, 0.05) is 6.20 Å². The number of rotatable bonds is 5. The van der Waals surface area contributed by atoms with Gasteiger partial charge in [-0.2, -0.15) is 5.10 Å². The fraction of sp³-hybridized carbons (Fsp3) is 0.0526. The van der Waals surface area contributed by atoms with Crippen LogP contribution in [-0.4, -0.2) is 26.7 Å². The van der Waals surface area contributed by atoms with Gasteiger partial charge in [-0.05, 0) is 36.4 Å². The molecule has 0 saturated carbocycles. The Bertz CT molecular complexity index is 1050. The fourth-order valence-corrected chi connectivity index (χ4v) is 2.64. The molecule has 26 heavy (non-hydrogen) atoms. The van der Waals surface area contributed by atoms with Crippen LogP contribution in [-0.2, 0) is 11.3 Å². The number of aromatic nitrogens is 3. The normalized spacial score (nSPS) is 11.2. The first-order chi connectivity index (χ1) is 12.8. The highest BCUT2D eigenvalue weighted by Crippen LogP contribution is 2.23. The van der Waals surface area contributed by atoms with Crippen LogP contribution in [0.2, 0.25) is 0 Å². The van der Waals surface area contributed by atoms with Crippen LogP contribution in [0.25, 0.3) is 22.6 Å². The molecular weight excluding hydrogens is 330 g/mol. The Kier molecular flexibility index (Phi) is 4.26. The van der Waals surface area contributed by atoms with Crippen molar-refractivity contribution in [2.24, 2.45) is 5.10 Å². The van der Waals surface area contributed by atoms with Crippen molar-refractivity contribution in [2.75, 3.05) is 0 Å². The maximum atomic E-state index is 12.3. The first-order valence-corrected chi connectivity index (χ1v) is 8.03. The summed E-state index contributed by atoms with van der Waals surface area (Å²) in [6, 6.07) is 16.7. The summed E-state index contributed by atoms with van der Waals surface area (Å²) in [6.45, 7) is 0.0713. The lowest BCUT2D eigenvalue weighted by Crippen LogP contribution is -2.23. The van der Waals surface area contributed by atoms with Crippen molar-refractivity contribution in [3.05, 3.63) is 72.8 Å². The Hall–Kier alpha value is -3.74. The molecule has 3 heterocycles. The Morgan fingerprint density at radius 3 is 2.85 bits per heavy atom. The van der Waals surface area contributed by atoms with E-state index in [1.165, 1.54) is 6.21 Å². The van der Waals surface area contributed by atoms with Crippen LogP contribution in [0.4, 0.5) is 0 Å². The van der Waals surface area contributed by atoms with E-state index >= 15 is 0 Å². The van der Waals surface area contributed by atoms with Crippen LogP contribution >= 0.6 is 0 Å². The number of para-hydroxylation sites is 2. The van der Waals surface area contributed by atoms with Crippen LogP contribution in [0.3, 0.4) is 0 Å². The molecule has 0 aliphatic rings. The molecule has 0 unspecified atom stereocenters. The number of nitrogens with one attached hydrogen (secondary N) is 1. The number of fused-ring (bicyclic) bond motifs is 1. The summed E-state index contributed by atoms with van der Waals surface area (Å²) in [5.41, 5.74) is 4.87. The molecule has 1 amide bonds. The van der Waals surface area contributed by atoms with Gasteiger partial charge in [0.05, 0.1) is 23.5 Å². The molecule has 0 spiro atoms. The number of imidazole rings is 1. The van der Waals surface area contributed by atoms with Gasteiger partial charge in [-0.25, -0.2) is 10.4 Å². The Morgan fingerprint density at radius 2 is 2.04 bits per heavy atom.